The lowest BCUT2D eigenvalue weighted by Crippen LogP contribution is -2.30. The molecule has 3 N–H and O–H groups in total. The molecule has 0 heterocycles. The van der Waals surface area contributed by atoms with Gasteiger partial charge >= 0.3 is 5.97 Å². The molecule has 0 bridgehead atoms. The van der Waals surface area contributed by atoms with E-state index >= 15 is 0 Å². The van der Waals surface area contributed by atoms with Crippen molar-refractivity contribution < 1.29 is 27.9 Å². The van der Waals surface area contributed by atoms with Crippen LogP contribution in [-0.4, -0.2) is 48.9 Å². The SMILES string of the molecule is O=C(O)CNC(=O)c1ccc(NC(=O)CS(=O)(=O)C2CCCC2)cc1. The van der Waals surface area contributed by atoms with E-state index in [4.69, 9.17) is 5.11 Å². The molecule has 1 aliphatic rings. The Morgan fingerprint density at radius 2 is 1.68 bits per heavy atom. The van der Waals surface area contributed by atoms with Crippen LogP contribution in [0, 0.1) is 0 Å². The molecule has 0 radical (unpaired) electrons. The van der Waals surface area contributed by atoms with Crippen molar-refractivity contribution in [3.8, 4) is 0 Å². The lowest BCUT2D eigenvalue weighted by Gasteiger charge is -2.11. The highest BCUT2D eigenvalue weighted by Crippen LogP contribution is 2.25. The van der Waals surface area contributed by atoms with Crippen LogP contribution in [0.2, 0.25) is 0 Å². The predicted octanol–water partition coefficient (Wildman–Crippen LogP) is 0.797. The molecule has 0 saturated heterocycles. The number of carbonyl (C=O) groups is 3. The van der Waals surface area contributed by atoms with Crippen molar-refractivity contribution in [1.29, 1.82) is 0 Å². The zero-order valence-corrected chi connectivity index (χ0v) is 14.3. The number of benzene rings is 1. The number of aliphatic carboxylic acids is 1. The lowest BCUT2D eigenvalue weighted by molar-refractivity contribution is -0.135. The predicted molar refractivity (Wildman–Crippen MR) is 91.1 cm³/mol. The monoisotopic (exact) mass is 368 g/mol. The van der Waals surface area contributed by atoms with Crippen LogP contribution in [-0.2, 0) is 19.4 Å². The molecular weight excluding hydrogens is 348 g/mol. The van der Waals surface area contributed by atoms with E-state index in [1.54, 1.807) is 0 Å². The number of amides is 2. The van der Waals surface area contributed by atoms with Crippen LogP contribution in [0.5, 0.6) is 0 Å². The smallest absolute Gasteiger partial charge is 0.322 e. The Morgan fingerprint density at radius 1 is 1.08 bits per heavy atom. The molecule has 8 nitrogen and oxygen atoms in total. The maximum Gasteiger partial charge on any atom is 0.322 e. The minimum absolute atomic E-state index is 0.234. The van der Waals surface area contributed by atoms with E-state index in [9.17, 15) is 22.8 Å². The maximum absolute atomic E-state index is 12.1. The third-order valence-electron chi connectivity index (χ3n) is 3.97. The Balaban J connectivity index is 1.91. The van der Waals surface area contributed by atoms with Crippen LogP contribution in [0.4, 0.5) is 5.69 Å². The molecule has 0 unspecified atom stereocenters. The Bertz CT molecular complexity index is 751. The Morgan fingerprint density at radius 3 is 2.24 bits per heavy atom. The van der Waals surface area contributed by atoms with Crippen molar-refractivity contribution in [2.75, 3.05) is 17.6 Å². The standard InChI is InChI=1S/C16H20N2O6S/c19-14(10-25(23,24)13-3-1-2-4-13)18-12-7-5-11(6-8-12)16(22)17-9-15(20)21/h5-8,13H,1-4,9-10H2,(H,17,22)(H,18,19)(H,20,21). The number of carboxylic acid groups (broad SMARTS) is 1. The number of carboxylic acids is 1. The Kier molecular flexibility index (Phi) is 6.13. The van der Waals surface area contributed by atoms with E-state index in [2.05, 4.69) is 10.6 Å². The molecule has 1 saturated carbocycles. The minimum Gasteiger partial charge on any atom is -0.480 e. The molecule has 2 rings (SSSR count). The van der Waals surface area contributed by atoms with Crippen molar-refractivity contribution >= 4 is 33.3 Å². The second-order valence-electron chi connectivity index (χ2n) is 5.92. The molecule has 9 heteroatoms. The zero-order valence-electron chi connectivity index (χ0n) is 13.5. The number of rotatable bonds is 7. The summed E-state index contributed by atoms with van der Waals surface area (Å²) in [7, 11) is -3.45. The second-order valence-corrected chi connectivity index (χ2v) is 8.20. The molecule has 0 aliphatic heterocycles. The summed E-state index contributed by atoms with van der Waals surface area (Å²) in [6, 6.07) is 5.74. The van der Waals surface area contributed by atoms with Gasteiger partial charge in [0.15, 0.2) is 9.84 Å². The molecule has 0 aromatic heterocycles. The molecule has 1 aromatic carbocycles. The topological polar surface area (TPSA) is 130 Å². The fourth-order valence-corrected chi connectivity index (χ4v) is 4.43. The highest BCUT2D eigenvalue weighted by molar-refractivity contribution is 7.92. The molecule has 1 fully saturated rings. The first-order chi connectivity index (χ1) is 11.8. The van der Waals surface area contributed by atoms with Gasteiger partial charge in [0.1, 0.15) is 12.3 Å². The fourth-order valence-electron chi connectivity index (χ4n) is 2.71. The van der Waals surface area contributed by atoms with E-state index < -0.39 is 45.2 Å². The van der Waals surface area contributed by atoms with E-state index in [0.29, 0.717) is 18.5 Å². The van der Waals surface area contributed by atoms with Crippen molar-refractivity contribution in [1.82, 2.24) is 5.32 Å². The number of hydrogen-bond acceptors (Lipinski definition) is 5. The first-order valence-corrected chi connectivity index (χ1v) is 9.61. The van der Waals surface area contributed by atoms with Crippen LogP contribution >= 0.6 is 0 Å². The summed E-state index contributed by atoms with van der Waals surface area (Å²) < 4.78 is 24.3. The summed E-state index contributed by atoms with van der Waals surface area (Å²) in [5, 5.41) is 12.8. The summed E-state index contributed by atoms with van der Waals surface area (Å²) in [6.45, 7) is -0.490. The van der Waals surface area contributed by atoms with Crippen molar-refractivity contribution in [3.63, 3.8) is 0 Å². The summed E-state index contributed by atoms with van der Waals surface area (Å²) in [6.07, 6.45) is 2.96. The van der Waals surface area contributed by atoms with Crippen LogP contribution < -0.4 is 10.6 Å². The lowest BCUT2D eigenvalue weighted by atomic mass is 10.2. The van der Waals surface area contributed by atoms with E-state index in [0.717, 1.165) is 12.8 Å². The van der Waals surface area contributed by atoms with E-state index in [1.807, 2.05) is 0 Å². The first-order valence-electron chi connectivity index (χ1n) is 7.89. The van der Waals surface area contributed by atoms with Gasteiger partial charge in [-0.1, -0.05) is 12.8 Å². The van der Waals surface area contributed by atoms with Gasteiger partial charge in [0.25, 0.3) is 5.91 Å². The third kappa shape index (κ3) is 5.56. The van der Waals surface area contributed by atoms with Crippen LogP contribution in [0.3, 0.4) is 0 Å². The van der Waals surface area contributed by atoms with Gasteiger partial charge < -0.3 is 15.7 Å². The average molecular weight is 368 g/mol. The van der Waals surface area contributed by atoms with Gasteiger partial charge in [0, 0.05) is 11.3 Å². The zero-order chi connectivity index (χ0) is 18.4. The highest BCUT2D eigenvalue weighted by Gasteiger charge is 2.30. The van der Waals surface area contributed by atoms with Crippen LogP contribution in [0.1, 0.15) is 36.0 Å². The Labute approximate surface area is 145 Å². The van der Waals surface area contributed by atoms with E-state index in [1.165, 1.54) is 24.3 Å². The molecule has 25 heavy (non-hydrogen) atoms. The third-order valence-corrected chi connectivity index (χ3v) is 6.13. The van der Waals surface area contributed by atoms with E-state index in [-0.39, 0.29) is 5.56 Å². The Hall–Kier alpha value is -2.42. The molecule has 136 valence electrons. The van der Waals surface area contributed by atoms with Gasteiger partial charge in [-0.15, -0.1) is 0 Å². The van der Waals surface area contributed by atoms with Gasteiger partial charge in [-0.05, 0) is 37.1 Å². The highest BCUT2D eigenvalue weighted by atomic mass is 32.2. The molecule has 1 aliphatic carbocycles. The van der Waals surface area contributed by atoms with Gasteiger partial charge in [-0.3, -0.25) is 14.4 Å². The molecule has 0 atom stereocenters. The van der Waals surface area contributed by atoms with Crippen molar-refractivity contribution in [2.24, 2.45) is 0 Å². The van der Waals surface area contributed by atoms with Crippen molar-refractivity contribution in [3.05, 3.63) is 29.8 Å². The second kappa shape index (κ2) is 8.11. The van der Waals surface area contributed by atoms with Crippen LogP contribution in [0.15, 0.2) is 24.3 Å². The van der Waals surface area contributed by atoms with Gasteiger partial charge in [0.2, 0.25) is 5.91 Å². The largest absolute Gasteiger partial charge is 0.480 e. The first kappa shape index (κ1) is 18.9. The average Bonchev–Trinajstić information content (AvgIpc) is 3.08. The quantitative estimate of drug-likeness (QED) is 0.653. The summed E-state index contributed by atoms with van der Waals surface area (Å²) in [5.74, 6) is -2.88. The minimum atomic E-state index is -3.45. The number of anilines is 1. The normalized spacial score (nSPS) is 14.9. The molecular formula is C16H20N2O6S. The number of sulfone groups is 1. The van der Waals surface area contributed by atoms with Gasteiger partial charge in [-0.25, -0.2) is 8.42 Å². The number of carbonyl (C=O) groups excluding carboxylic acids is 2. The molecule has 1 aromatic rings. The molecule has 0 spiro atoms. The van der Waals surface area contributed by atoms with Gasteiger partial charge in [0.05, 0.1) is 5.25 Å². The molecule has 2 amide bonds. The fraction of sp³-hybridized carbons (Fsp3) is 0.438. The summed E-state index contributed by atoms with van der Waals surface area (Å²) in [4.78, 5) is 34.0. The van der Waals surface area contributed by atoms with Gasteiger partial charge in [-0.2, -0.15) is 0 Å². The maximum atomic E-state index is 12.1. The van der Waals surface area contributed by atoms with Crippen molar-refractivity contribution in [2.45, 2.75) is 30.9 Å². The number of nitrogens with one attached hydrogen (secondary N) is 2. The van der Waals surface area contributed by atoms with Crippen LogP contribution in [0.25, 0.3) is 0 Å². The number of hydrogen-bond donors (Lipinski definition) is 3. The summed E-state index contributed by atoms with van der Waals surface area (Å²) in [5.41, 5.74) is 0.597. The summed E-state index contributed by atoms with van der Waals surface area (Å²) >= 11 is 0.